The summed E-state index contributed by atoms with van der Waals surface area (Å²) in [5.41, 5.74) is 0. The van der Waals surface area contributed by atoms with E-state index in [1.54, 1.807) is 12.2 Å². The van der Waals surface area contributed by atoms with Gasteiger partial charge in [0, 0.05) is 25.2 Å². The molecule has 0 bridgehead atoms. The lowest BCUT2D eigenvalue weighted by atomic mass is 9.87. The average molecular weight is 869 g/mol. The number of phosphoric ester groups is 1. The summed E-state index contributed by atoms with van der Waals surface area (Å²) in [7, 11) is 1.29. The molecule has 14 heteroatoms. The first-order valence-corrected chi connectivity index (χ1v) is 23.6. The molecule has 1 fully saturated rings. The highest BCUT2D eigenvalue weighted by Crippen LogP contribution is 2.43. The lowest BCUT2D eigenvalue weighted by Crippen LogP contribution is -2.43. The van der Waals surface area contributed by atoms with E-state index in [-0.39, 0.29) is 38.4 Å². The fourth-order valence-electron chi connectivity index (χ4n) is 5.98. The minimum absolute atomic E-state index is 0.0243. The molecule has 0 radical (unpaired) electrons. The summed E-state index contributed by atoms with van der Waals surface area (Å²) in [5.74, 6) is -1.36. The number of phosphoric acid groups is 1. The zero-order valence-corrected chi connectivity index (χ0v) is 38.1. The molecular formula is C46H79NO12P+. The van der Waals surface area contributed by atoms with Crippen LogP contribution in [0.3, 0.4) is 0 Å². The standard InChI is InChI=1S/C46H78NO12P/c1-6-8-10-11-12-13-14-15-16-17-18-19-20-21-27-31-45(51)58-40(38-57-60(53,54)56-35-34-47(3,4)5)37-55-44(50)30-26-23-22-25-29-41-42(49)36-46(52)59-43(41)33-32-39(48)28-24-9-7-2/h8,10,12-13,15-16,18-19,22,25,32-33,39-43,46,48-49,52H,6-7,9,11,14,17,20-21,23-24,26-31,34-38H2,1-5H3/p+1/b10-8-,13-12-,16-15-,19-18-,25-22-,33-32+/t39-,40+,41-,42-,43+,46?/m0/s1. The van der Waals surface area contributed by atoms with Gasteiger partial charge < -0.3 is 38.9 Å². The fourth-order valence-corrected chi connectivity index (χ4v) is 6.72. The van der Waals surface area contributed by atoms with Gasteiger partial charge in [-0.1, -0.05) is 106 Å². The Labute approximate surface area is 361 Å². The molecular weight excluding hydrogens is 789 g/mol. The van der Waals surface area contributed by atoms with Crippen molar-refractivity contribution in [1.82, 2.24) is 0 Å². The zero-order valence-electron chi connectivity index (χ0n) is 37.2. The van der Waals surface area contributed by atoms with E-state index in [0.717, 1.165) is 57.8 Å². The van der Waals surface area contributed by atoms with Crippen molar-refractivity contribution in [2.75, 3.05) is 47.5 Å². The van der Waals surface area contributed by atoms with Gasteiger partial charge in [0.1, 0.15) is 19.8 Å². The molecule has 0 aromatic rings. The number of likely N-dealkylation sites (N-methyl/N-ethyl adjacent to an activating group) is 1. The van der Waals surface area contributed by atoms with Crippen LogP contribution in [0.5, 0.6) is 0 Å². The Kier molecular flexibility index (Phi) is 31.2. The SMILES string of the molecule is CC/C=C\C/C=C\C/C=C\C/C=C\CCCCC(=O)O[C@H](COC(=O)CCC/C=C\C[C@H]1[C@@H](O)CC(O)O[C@@H]1/C=C/[C@@H](O)CCCCC)COP(=O)(O)OCC[N+](C)(C)C. The zero-order chi connectivity index (χ0) is 44.5. The molecule has 344 valence electrons. The number of aliphatic hydroxyl groups is 3. The quantitative estimate of drug-likeness (QED) is 0.0160. The summed E-state index contributed by atoms with van der Waals surface area (Å²) in [6.07, 6.45) is 31.5. The van der Waals surface area contributed by atoms with E-state index < -0.39 is 57.1 Å². The summed E-state index contributed by atoms with van der Waals surface area (Å²) in [4.78, 5) is 35.6. The van der Waals surface area contributed by atoms with Crippen molar-refractivity contribution in [3.05, 3.63) is 72.9 Å². The predicted molar refractivity (Wildman–Crippen MR) is 237 cm³/mol. The van der Waals surface area contributed by atoms with E-state index in [2.05, 4.69) is 62.5 Å². The molecule has 0 aliphatic carbocycles. The van der Waals surface area contributed by atoms with E-state index >= 15 is 0 Å². The fraction of sp³-hybridized carbons (Fsp3) is 0.696. The maximum absolute atomic E-state index is 12.7. The number of carbonyl (C=O) groups excluding carboxylic acids is 2. The van der Waals surface area contributed by atoms with Gasteiger partial charge >= 0.3 is 19.8 Å². The van der Waals surface area contributed by atoms with Gasteiger partial charge in [0.15, 0.2) is 12.4 Å². The van der Waals surface area contributed by atoms with Gasteiger partial charge in [0.05, 0.1) is 46.1 Å². The number of ether oxygens (including phenoxy) is 3. The van der Waals surface area contributed by atoms with Gasteiger partial charge in [-0.2, -0.15) is 0 Å². The lowest BCUT2D eigenvalue weighted by molar-refractivity contribution is -0.870. The summed E-state index contributed by atoms with van der Waals surface area (Å²) in [5, 5.41) is 31.0. The summed E-state index contributed by atoms with van der Waals surface area (Å²) >= 11 is 0. The summed E-state index contributed by atoms with van der Waals surface area (Å²) in [6.45, 7) is 3.81. The molecule has 0 aromatic carbocycles. The van der Waals surface area contributed by atoms with Crippen molar-refractivity contribution in [2.24, 2.45) is 5.92 Å². The minimum atomic E-state index is -4.46. The van der Waals surface area contributed by atoms with Crippen molar-refractivity contribution < 1.29 is 62.1 Å². The van der Waals surface area contributed by atoms with Crippen LogP contribution in [0.15, 0.2) is 72.9 Å². The third-order valence-corrected chi connectivity index (χ3v) is 10.5. The van der Waals surface area contributed by atoms with E-state index in [0.29, 0.717) is 43.1 Å². The topological polar surface area (TPSA) is 178 Å². The maximum atomic E-state index is 12.7. The number of carbonyl (C=O) groups is 2. The maximum Gasteiger partial charge on any atom is 0.472 e. The second kappa shape index (κ2) is 33.9. The van der Waals surface area contributed by atoms with Gasteiger partial charge in [0.25, 0.3) is 0 Å². The van der Waals surface area contributed by atoms with Crippen LogP contribution in [0.4, 0.5) is 0 Å². The monoisotopic (exact) mass is 869 g/mol. The molecule has 1 saturated heterocycles. The van der Waals surface area contributed by atoms with E-state index in [4.69, 9.17) is 23.3 Å². The van der Waals surface area contributed by atoms with Crippen LogP contribution in [0.2, 0.25) is 0 Å². The van der Waals surface area contributed by atoms with Gasteiger partial charge in [-0.05, 0) is 70.6 Å². The Morgan fingerprint density at radius 2 is 1.43 bits per heavy atom. The number of rotatable bonds is 34. The van der Waals surface area contributed by atoms with E-state index in [1.807, 2.05) is 33.3 Å². The second-order valence-electron chi connectivity index (χ2n) is 16.2. The Bertz CT molecular complexity index is 1370. The van der Waals surface area contributed by atoms with Crippen LogP contribution < -0.4 is 0 Å². The normalized spacial score (nSPS) is 21.2. The first-order valence-electron chi connectivity index (χ1n) is 22.1. The molecule has 2 unspecified atom stereocenters. The Hall–Kier alpha value is -2.71. The van der Waals surface area contributed by atoms with Crippen LogP contribution >= 0.6 is 7.82 Å². The second-order valence-corrected chi connectivity index (χ2v) is 17.7. The van der Waals surface area contributed by atoms with Crippen molar-refractivity contribution >= 4 is 19.8 Å². The number of hydrogen-bond acceptors (Lipinski definition) is 11. The Morgan fingerprint density at radius 1 is 0.800 bits per heavy atom. The molecule has 13 nitrogen and oxygen atoms in total. The van der Waals surface area contributed by atoms with Gasteiger partial charge in [-0.25, -0.2) is 4.57 Å². The highest BCUT2D eigenvalue weighted by molar-refractivity contribution is 7.47. The predicted octanol–water partition coefficient (Wildman–Crippen LogP) is 8.35. The highest BCUT2D eigenvalue weighted by atomic mass is 31.2. The molecule has 0 spiro atoms. The minimum Gasteiger partial charge on any atom is -0.462 e. The summed E-state index contributed by atoms with van der Waals surface area (Å²) in [6, 6.07) is 0. The highest BCUT2D eigenvalue weighted by Gasteiger charge is 2.35. The number of nitrogens with zero attached hydrogens (tertiary/aromatic N) is 1. The molecule has 60 heavy (non-hydrogen) atoms. The Morgan fingerprint density at radius 3 is 2.10 bits per heavy atom. The van der Waals surface area contributed by atoms with Crippen LogP contribution in [0.25, 0.3) is 0 Å². The summed E-state index contributed by atoms with van der Waals surface area (Å²) < 4.78 is 39.8. The van der Waals surface area contributed by atoms with Gasteiger partial charge in [-0.3, -0.25) is 18.6 Å². The molecule has 1 aliphatic heterocycles. The number of esters is 2. The van der Waals surface area contributed by atoms with Crippen LogP contribution in [-0.4, -0.2) is 115 Å². The third-order valence-electron chi connectivity index (χ3n) is 9.52. The number of aliphatic hydroxyl groups excluding tert-OH is 3. The number of unbranched alkanes of at least 4 members (excludes halogenated alkanes) is 5. The molecule has 1 aliphatic rings. The third kappa shape index (κ3) is 31.2. The van der Waals surface area contributed by atoms with Crippen LogP contribution in [-0.2, 0) is 37.4 Å². The van der Waals surface area contributed by atoms with E-state index in [9.17, 15) is 34.4 Å². The van der Waals surface area contributed by atoms with Crippen molar-refractivity contribution in [3.63, 3.8) is 0 Å². The largest absolute Gasteiger partial charge is 0.472 e. The van der Waals surface area contributed by atoms with Crippen LogP contribution in [0.1, 0.15) is 123 Å². The first kappa shape index (κ1) is 55.3. The first-order chi connectivity index (χ1) is 28.7. The lowest BCUT2D eigenvalue weighted by Gasteiger charge is -2.36. The number of quaternary nitrogens is 1. The van der Waals surface area contributed by atoms with Crippen LogP contribution in [0, 0.1) is 5.92 Å². The van der Waals surface area contributed by atoms with Crippen molar-refractivity contribution in [2.45, 2.75) is 154 Å². The van der Waals surface area contributed by atoms with Crippen molar-refractivity contribution in [3.8, 4) is 0 Å². The molecule has 0 aromatic heterocycles. The van der Waals surface area contributed by atoms with Gasteiger partial charge in [0.2, 0.25) is 0 Å². The molecule has 4 N–H and O–H groups in total. The molecule has 7 atom stereocenters. The molecule has 0 amide bonds. The molecule has 0 saturated carbocycles. The smallest absolute Gasteiger partial charge is 0.462 e. The molecule has 1 rings (SSSR count). The van der Waals surface area contributed by atoms with Gasteiger partial charge in [-0.15, -0.1) is 0 Å². The molecule has 1 heterocycles. The average Bonchev–Trinajstić information content (AvgIpc) is 3.18. The van der Waals surface area contributed by atoms with E-state index in [1.165, 1.54) is 0 Å². The number of allylic oxidation sites excluding steroid dienone is 10. The van der Waals surface area contributed by atoms with Crippen molar-refractivity contribution in [1.29, 1.82) is 0 Å². The Balaban J connectivity index is 2.58. The number of hydrogen-bond donors (Lipinski definition) is 4.